The van der Waals surface area contributed by atoms with Crippen LogP contribution in [0, 0.1) is 15.9 Å². The summed E-state index contributed by atoms with van der Waals surface area (Å²) in [6.07, 6.45) is 0. The molecule has 0 spiro atoms. The van der Waals surface area contributed by atoms with Gasteiger partial charge in [-0.15, -0.1) is 0 Å². The number of hydrogen-bond donors (Lipinski definition) is 0. The zero-order chi connectivity index (χ0) is 10.0. The van der Waals surface area contributed by atoms with E-state index in [2.05, 4.69) is 4.74 Å². The molecule has 0 fully saturated rings. The Hall–Kier alpha value is -1.36. The molecule has 0 heterocycles. The first-order valence-electron chi connectivity index (χ1n) is 3.23. The van der Waals surface area contributed by atoms with Crippen molar-refractivity contribution in [1.29, 1.82) is 0 Å². The maximum absolute atomic E-state index is 12.9. The summed E-state index contributed by atoms with van der Waals surface area (Å²) in [4.78, 5) is 9.39. The fraction of sp³-hybridized carbons (Fsp3) is 0.143. The van der Waals surface area contributed by atoms with Gasteiger partial charge in [0.1, 0.15) is 5.75 Å². The smallest absolute Gasteiger partial charge is 0.306 e. The predicted molar refractivity (Wildman–Crippen MR) is 44.6 cm³/mol. The third-order valence-electron chi connectivity index (χ3n) is 1.42. The summed E-state index contributed by atoms with van der Waals surface area (Å²) in [5.41, 5.74) is -0.661. The van der Waals surface area contributed by atoms with Crippen molar-refractivity contribution in [2.45, 2.75) is 0 Å². The predicted octanol–water partition coefficient (Wildman–Crippen LogP) is 2.40. The summed E-state index contributed by atoms with van der Waals surface area (Å²) >= 11 is 5.55. The molecule has 13 heavy (non-hydrogen) atoms. The maximum atomic E-state index is 12.9. The lowest BCUT2D eigenvalue weighted by molar-refractivity contribution is -0.387. The highest BCUT2D eigenvalue weighted by molar-refractivity contribution is 6.32. The molecule has 0 aliphatic heterocycles. The second-order valence-electron chi connectivity index (χ2n) is 2.20. The Morgan fingerprint density at radius 2 is 2.23 bits per heavy atom. The highest BCUT2D eigenvalue weighted by atomic mass is 35.5. The Kier molecular flexibility index (Phi) is 2.67. The van der Waals surface area contributed by atoms with Crippen LogP contribution in [-0.2, 0) is 0 Å². The molecule has 0 unspecified atom stereocenters. The van der Waals surface area contributed by atoms with Crippen molar-refractivity contribution < 1.29 is 14.1 Å². The van der Waals surface area contributed by atoms with Crippen LogP contribution in [0.15, 0.2) is 12.1 Å². The van der Waals surface area contributed by atoms with E-state index in [9.17, 15) is 14.5 Å². The first kappa shape index (κ1) is 9.73. The van der Waals surface area contributed by atoms with E-state index >= 15 is 0 Å². The van der Waals surface area contributed by atoms with Gasteiger partial charge < -0.3 is 4.74 Å². The van der Waals surface area contributed by atoms with Crippen LogP contribution in [0.4, 0.5) is 10.1 Å². The van der Waals surface area contributed by atoms with Gasteiger partial charge in [-0.3, -0.25) is 10.1 Å². The van der Waals surface area contributed by atoms with Gasteiger partial charge in [-0.2, -0.15) is 4.39 Å². The van der Waals surface area contributed by atoms with Crippen LogP contribution in [0.5, 0.6) is 5.75 Å². The van der Waals surface area contributed by atoms with Gasteiger partial charge in [-0.1, -0.05) is 11.6 Å². The molecule has 0 saturated carbocycles. The highest BCUT2D eigenvalue weighted by Crippen LogP contribution is 2.30. The standard InChI is InChI=1S/C7H5ClFNO3/c1-13-7-3-5(9)6(10(11)12)2-4(7)8/h2-3H,1H3. The van der Waals surface area contributed by atoms with E-state index in [-0.39, 0.29) is 10.8 Å². The van der Waals surface area contributed by atoms with Crippen molar-refractivity contribution in [3.05, 3.63) is 33.1 Å². The second-order valence-corrected chi connectivity index (χ2v) is 2.60. The lowest BCUT2D eigenvalue weighted by Gasteiger charge is -2.02. The van der Waals surface area contributed by atoms with Crippen LogP contribution in [0.1, 0.15) is 0 Å². The molecule has 0 amide bonds. The monoisotopic (exact) mass is 205 g/mol. The van der Waals surface area contributed by atoms with E-state index in [1.807, 2.05) is 0 Å². The molecule has 0 aliphatic rings. The van der Waals surface area contributed by atoms with E-state index in [4.69, 9.17) is 11.6 Å². The zero-order valence-corrected chi connectivity index (χ0v) is 7.34. The Morgan fingerprint density at radius 1 is 1.62 bits per heavy atom. The largest absolute Gasteiger partial charge is 0.495 e. The fourth-order valence-electron chi connectivity index (χ4n) is 0.814. The van der Waals surface area contributed by atoms with Crippen molar-refractivity contribution in [3.63, 3.8) is 0 Å². The molecule has 4 nitrogen and oxygen atoms in total. The number of nitro benzene ring substituents is 1. The molecular weight excluding hydrogens is 201 g/mol. The SMILES string of the molecule is COc1cc(F)c([N+](=O)[O-])cc1Cl. The molecule has 70 valence electrons. The van der Waals surface area contributed by atoms with Crippen molar-refractivity contribution in [2.75, 3.05) is 7.11 Å². The van der Waals surface area contributed by atoms with E-state index in [0.29, 0.717) is 0 Å². The minimum atomic E-state index is -0.966. The second kappa shape index (κ2) is 3.57. The molecule has 0 aromatic heterocycles. The number of benzene rings is 1. The summed E-state index contributed by atoms with van der Waals surface area (Å²) in [7, 11) is 1.30. The van der Waals surface area contributed by atoms with Gasteiger partial charge in [-0.25, -0.2) is 0 Å². The number of rotatable bonds is 2. The van der Waals surface area contributed by atoms with Gasteiger partial charge in [0.15, 0.2) is 0 Å². The zero-order valence-electron chi connectivity index (χ0n) is 6.58. The average molecular weight is 206 g/mol. The Labute approximate surface area is 78.0 Å². The lowest BCUT2D eigenvalue weighted by atomic mass is 10.3. The fourth-order valence-corrected chi connectivity index (χ4v) is 1.05. The molecule has 0 bridgehead atoms. The number of ether oxygens (including phenoxy) is 1. The van der Waals surface area contributed by atoms with Gasteiger partial charge in [-0.05, 0) is 0 Å². The number of halogens is 2. The Morgan fingerprint density at radius 3 is 2.69 bits per heavy atom. The lowest BCUT2D eigenvalue weighted by Crippen LogP contribution is -1.94. The van der Waals surface area contributed by atoms with Crippen LogP contribution in [0.2, 0.25) is 5.02 Å². The summed E-state index contributed by atoms with van der Waals surface area (Å²) in [6.45, 7) is 0. The van der Waals surface area contributed by atoms with E-state index in [1.165, 1.54) is 7.11 Å². The van der Waals surface area contributed by atoms with E-state index < -0.39 is 16.4 Å². The minimum absolute atomic E-state index is 0.00981. The molecule has 6 heteroatoms. The van der Waals surface area contributed by atoms with Crippen molar-refractivity contribution in [1.82, 2.24) is 0 Å². The summed E-state index contributed by atoms with van der Waals surface area (Å²) in [6, 6.07) is 1.79. The number of methoxy groups -OCH3 is 1. The van der Waals surface area contributed by atoms with Crippen molar-refractivity contribution >= 4 is 17.3 Å². The van der Waals surface area contributed by atoms with Gasteiger partial charge in [0.2, 0.25) is 5.82 Å². The van der Waals surface area contributed by atoms with E-state index in [1.54, 1.807) is 0 Å². The van der Waals surface area contributed by atoms with Crippen LogP contribution in [0.25, 0.3) is 0 Å². The Bertz CT molecular complexity index is 356. The minimum Gasteiger partial charge on any atom is -0.495 e. The van der Waals surface area contributed by atoms with Crippen LogP contribution in [-0.4, -0.2) is 12.0 Å². The van der Waals surface area contributed by atoms with Crippen molar-refractivity contribution in [3.8, 4) is 5.75 Å². The summed E-state index contributed by atoms with van der Waals surface area (Å²) in [5, 5.41) is 10.2. The first-order valence-corrected chi connectivity index (χ1v) is 3.61. The first-order chi connectivity index (χ1) is 6.06. The summed E-state index contributed by atoms with van der Waals surface area (Å²) in [5.74, 6) is -0.893. The van der Waals surface area contributed by atoms with Crippen LogP contribution in [0.3, 0.4) is 0 Å². The number of nitro groups is 1. The molecule has 0 saturated heterocycles. The van der Waals surface area contributed by atoms with Gasteiger partial charge in [0.05, 0.1) is 17.1 Å². The molecule has 1 rings (SSSR count). The highest BCUT2D eigenvalue weighted by Gasteiger charge is 2.17. The molecule has 0 atom stereocenters. The van der Waals surface area contributed by atoms with Gasteiger partial charge >= 0.3 is 5.69 Å². The maximum Gasteiger partial charge on any atom is 0.306 e. The molecular formula is C7H5ClFNO3. The molecule has 0 aliphatic carbocycles. The summed E-state index contributed by atoms with van der Waals surface area (Å²) < 4.78 is 17.6. The molecule has 0 N–H and O–H groups in total. The van der Waals surface area contributed by atoms with Crippen molar-refractivity contribution in [2.24, 2.45) is 0 Å². The van der Waals surface area contributed by atoms with Crippen LogP contribution >= 0.6 is 11.6 Å². The molecule has 1 aromatic rings. The third kappa shape index (κ3) is 1.86. The topological polar surface area (TPSA) is 52.4 Å². The van der Waals surface area contributed by atoms with Gasteiger partial charge in [0.25, 0.3) is 0 Å². The average Bonchev–Trinajstić information content (AvgIpc) is 2.07. The molecule has 1 aromatic carbocycles. The van der Waals surface area contributed by atoms with Gasteiger partial charge in [0, 0.05) is 12.1 Å². The normalized spacial score (nSPS) is 9.77. The number of hydrogen-bond acceptors (Lipinski definition) is 3. The quantitative estimate of drug-likeness (QED) is 0.550. The van der Waals surface area contributed by atoms with Crippen LogP contribution < -0.4 is 4.74 Å². The third-order valence-corrected chi connectivity index (χ3v) is 1.71. The number of nitrogens with zero attached hydrogens (tertiary/aromatic N) is 1. The Balaban J connectivity index is 3.28. The van der Waals surface area contributed by atoms with E-state index in [0.717, 1.165) is 12.1 Å². The molecule has 0 radical (unpaired) electrons.